The lowest BCUT2D eigenvalue weighted by Gasteiger charge is -2.28. The van der Waals surface area contributed by atoms with E-state index in [0.717, 1.165) is 38.6 Å². The molecular formula is C22H25NO2. The zero-order valence-electron chi connectivity index (χ0n) is 14.5. The van der Waals surface area contributed by atoms with Crippen LogP contribution in [-0.2, 0) is 11.2 Å². The van der Waals surface area contributed by atoms with E-state index in [1.54, 1.807) is 0 Å². The van der Waals surface area contributed by atoms with E-state index in [2.05, 4.69) is 47.8 Å². The van der Waals surface area contributed by atoms with Crippen molar-refractivity contribution in [1.29, 1.82) is 0 Å². The fraction of sp³-hybridized carbons (Fsp3) is 0.409. The van der Waals surface area contributed by atoms with Crippen LogP contribution in [0.2, 0.25) is 0 Å². The molecule has 130 valence electrons. The number of aliphatic carboxylic acids is 1. The molecule has 1 saturated carbocycles. The second kappa shape index (κ2) is 6.91. The van der Waals surface area contributed by atoms with Crippen LogP contribution in [0.15, 0.2) is 42.5 Å². The van der Waals surface area contributed by atoms with E-state index < -0.39 is 5.97 Å². The maximum atomic E-state index is 10.9. The molecule has 2 aromatic rings. The first-order valence-corrected chi connectivity index (χ1v) is 9.38. The number of carbonyl (C=O) groups is 1. The predicted molar refractivity (Wildman–Crippen MR) is 101 cm³/mol. The van der Waals surface area contributed by atoms with Crippen LogP contribution in [0.5, 0.6) is 0 Å². The number of fused-ring (bicyclic) bond motifs is 1. The Kier molecular flexibility index (Phi) is 4.48. The lowest BCUT2D eigenvalue weighted by atomic mass is 9.77. The fourth-order valence-electron chi connectivity index (χ4n) is 4.38. The van der Waals surface area contributed by atoms with Gasteiger partial charge in [-0.2, -0.15) is 0 Å². The second-order valence-electron chi connectivity index (χ2n) is 7.49. The molecule has 0 radical (unpaired) electrons. The highest BCUT2D eigenvalue weighted by molar-refractivity contribution is 5.70. The summed E-state index contributed by atoms with van der Waals surface area (Å²) >= 11 is 0. The minimum atomic E-state index is -0.655. The summed E-state index contributed by atoms with van der Waals surface area (Å²) in [5.41, 5.74) is 6.66. The molecule has 25 heavy (non-hydrogen) atoms. The lowest BCUT2D eigenvalue weighted by molar-refractivity contribution is -0.138. The molecule has 0 atom stereocenters. The largest absolute Gasteiger partial charge is 0.481 e. The number of carboxylic acid groups (broad SMARTS) is 1. The molecule has 0 bridgehead atoms. The van der Waals surface area contributed by atoms with Crippen molar-refractivity contribution in [1.82, 2.24) is 0 Å². The molecule has 0 unspecified atom stereocenters. The Balaban J connectivity index is 1.43. The number of anilines is 1. The Bertz CT molecular complexity index is 758. The Morgan fingerprint density at radius 3 is 2.44 bits per heavy atom. The van der Waals surface area contributed by atoms with Gasteiger partial charge in [-0.3, -0.25) is 4.79 Å². The van der Waals surface area contributed by atoms with Crippen molar-refractivity contribution in [3.63, 3.8) is 0 Å². The van der Waals surface area contributed by atoms with Gasteiger partial charge in [0.15, 0.2) is 0 Å². The Labute approximate surface area is 149 Å². The van der Waals surface area contributed by atoms with Crippen molar-refractivity contribution in [2.24, 2.45) is 5.92 Å². The first-order chi connectivity index (χ1) is 12.2. The SMILES string of the molecule is O=C(O)CC1CCC(c2ccc(-c3ccc4c(c3)CCN4)cc2)CC1. The van der Waals surface area contributed by atoms with E-state index in [1.165, 1.54) is 27.9 Å². The van der Waals surface area contributed by atoms with Crippen LogP contribution >= 0.6 is 0 Å². The van der Waals surface area contributed by atoms with Gasteiger partial charge in [0.1, 0.15) is 0 Å². The third-order valence-electron chi connectivity index (χ3n) is 5.84. The van der Waals surface area contributed by atoms with E-state index in [0.29, 0.717) is 18.3 Å². The summed E-state index contributed by atoms with van der Waals surface area (Å²) in [4.78, 5) is 10.9. The Morgan fingerprint density at radius 1 is 1.00 bits per heavy atom. The molecule has 3 nitrogen and oxygen atoms in total. The minimum Gasteiger partial charge on any atom is -0.481 e. The van der Waals surface area contributed by atoms with Gasteiger partial charge in [-0.25, -0.2) is 0 Å². The van der Waals surface area contributed by atoms with Crippen LogP contribution in [0.4, 0.5) is 5.69 Å². The van der Waals surface area contributed by atoms with E-state index in [9.17, 15) is 4.79 Å². The first-order valence-electron chi connectivity index (χ1n) is 9.38. The van der Waals surface area contributed by atoms with E-state index in [4.69, 9.17) is 5.11 Å². The molecule has 0 aromatic heterocycles. The Hall–Kier alpha value is -2.29. The number of hydrogen-bond donors (Lipinski definition) is 2. The Morgan fingerprint density at radius 2 is 1.72 bits per heavy atom. The normalized spacial score (nSPS) is 22.2. The summed E-state index contributed by atoms with van der Waals surface area (Å²) < 4.78 is 0. The average Bonchev–Trinajstić information content (AvgIpc) is 3.10. The first kappa shape index (κ1) is 16.2. The van der Waals surface area contributed by atoms with Crippen LogP contribution in [0.3, 0.4) is 0 Å². The fourth-order valence-corrected chi connectivity index (χ4v) is 4.38. The standard InChI is InChI=1S/C22H25NO2/c24-22(25)13-15-1-3-16(4-2-15)17-5-7-18(8-6-17)19-9-10-21-20(14-19)11-12-23-21/h5-10,14-16,23H,1-4,11-13H2,(H,24,25). The van der Waals surface area contributed by atoms with Crippen LogP contribution < -0.4 is 5.32 Å². The molecule has 1 heterocycles. The summed E-state index contributed by atoms with van der Waals surface area (Å²) in [7, 11) is 0. The van der Waals surface area contributed by atoms with Crippen molar-refractivity contribution in [3.8, 4) is 11.1 Å². The molecule has 0 spiro atoms. The van der Waals surface area contributed by atoms with Crippen LogP contribution in [0, 0.1) is 5.92 Å². The monoisotopic (exact) mass is 335 g/mol. The molecule has 0 saturated heterocycles. The molecular weight excluding hydrogens is 310 g/mol. The van der Waals surface area contributed by atoms with Gasteiger partial charge in [0.05, 0.1) is 0 Å². The van der Waals surface area contributed by atoms with Crippen molar-refractivity contribution in [2.45, 2.75) is 44.4 Å². The highest BCUT2D eigenvalue weighted by Gasteiger charge is 2.24. The quantitative estimate of drug-likeness (QED) is 0.820. The van der Waals surface area contributed by atoms with E-state index in [1.807, 2.05) is 0 Å². The summed E-state index contributed by atoms with van der Waals surface area (Å²) in [5, 5.41) is 12.4. The number of rotatable bonds is 4. The number of nitrogens with one attached hydrogen (secondary N) is 1. The number of hydrogen-bond acceptors (Lipinski definition) is 2. The molecule has 1 aliphatic carbocycles. The third-order valence-corrected chi connectivity index (χ3v) is 5.84. The van der Waals surface area contributed by atoms with Crippen molar-refractivity contribution in [3.05, 3.63) is 53.6 Å². The van der Waals surface area contributed by atoms with Crippen LogP contribution in [0.1, 0.15) is 49.1 Å². The van der Waals surface area contributed by atoms with Gasteiger partial charge >= 0.3 is 5.97 Å². The van der Waals surface area contributed by atoms with Crippen molar-refractivity contribution >= 4 is 11.7 Å². The number of benzene rings is 2. The molecule has 2 N–H and O–H groups in total. The van der Waals surface area contributed by atoms with Gasteiger partial charge in [0.2, 0.25) is 0 Å². The molecule has 3 heteroatoms. The summed E-state index contributed by atoms with van der Waals surface area (Å²) in [6, 6.07) is 15.7. The smallest absolute Gasteiger partial charge is 0.303 e. The minimum absolute atomic E-state index is 0.332. The number of carboxylic acids is 1. The van der Waals surface area contributed by atoms with Crippen molar-refractivity contribution < 1.29 is 9.90 Å². The average molecular weight is 335 g/mol. The van der Waals surface area contributed by atoms with Gasteiger partial charge in [-0.1, -0.05) is 30.3 Å². The van der Waals surface area contributed by atoms with Crippen LogP contribution in [0.25, 0.3) is 11.1 Å². The van der Waals surface area contributed by atoms with Gasteiger partial charge in [0, 0.05) is 18.7 Å². The zero-order valence-corrected chi connectivity index (χ0v) is 14.5. The third kappa shape index (κ3) is 3.55. The maximum absolute atomic E-state index is 10.9. The van der Waals surface area contributed by atoms with Gasteiger partial charge < -0.3 is 10.4 Å². The maximum Gasteiger partial charge on any atom is 0.303 e. The summed E-state index contributed by atoms with van der Waals surface area (Å²) in [6.45, 7) is 1.04. The van der Waals surface area contributed by atoms with Gasteiger partial charge in [-0.05, 0) is 78.3 Å². The van der Waals surface area contributed by atoms with Gasteiger partial charge in [-0.15, -0.1) is 0 Å². The molecule has 1 fully saturated rings. The lowest BCUT2D eigenvalue weighted by Crippen LogP contribution is -2.16. The highest BCUT2D eigenvalue weighted by Crippen LogP contribution is 2.38. The summed E-state index contributed by atoms with van der Waals surface area (Å²) in [5.74, 6) is 0.300. The van der Waals surface area contributed by atoms with Crippen LogP contribution in [-0.4, -0.2) is 17.6 Å². The second-order valence-corrected chi connectivity index (χ2v) is 7.49. The predicted octanol–water partition coefficient (Wildman–Crippen LogP) is 5.07. The van der Waals surface area contributed by atoms with E-state index in [-0.39, 0.29) is 0 Å². The molecule has 1 aliphatic heterocycles. The highest BCUT2D eigenvalue weighted by atomic mass is 16.4. The van der Waals surface area contributed by atoms with E-state index >= 15 is 0 Å². The molecule has 0 amide bonds. The molecule has 2 aromatic carbocycles. The molecule has 4 rings (SSSR count). The molecule has 2 aliphatic rings. The zero-order chi connectivity index (χ0) is 17.2. The van der Waals surface area contributed by atoms with Crippen molar-refractivity contribution in [2.75, 3.05) is 11.9 Å². The summed E-state index contributed by atoms with van der Waals surface area (Å²) in [6.07, 6.45) is 5.75. The topological polar surface area (TPSA) is 49.3 Å². The van der Waals surface area contributed by atoms with Gasteiger partial charge in [0.25, 0.3) is 0 Å².